The molecular formula is C13H8N4O3. The van der Waals surface area contributed by atoms with Crippen LogP contribution in [0, 0.1) is 21.4 Å². The van der Waals surface area contributed by atoms with Gasteiger partial charge in [-0.25, -0.2) is 0 Å². The number of aromatic hydroxyl groups is 1. The van der Waals surface area contributed by atoms with E-state index in [-0.39, 0.29) is 17.1 Å². The Bertz CT molecular complexity index is 717. The molecule has 0 amide bonds. The highest BCUT2D eigenvalue weighted by molar-refractivity contribution is 5.56. The molecule has 7 heteroatoms. The van der Waals surface area contributed by atoms with E-state index in [1.54, 1.807) is 24.3 Å². The first-order valence-electron chi connectivity index (χ1n) is 5.49. The third-order valence-electron chi connectivity index (χ3n) is 2.44. The van der Waals surface area contributed by atoms with E-state index in [0.29, 0.717) is 11.3 Å². The fourth-order valence-corrected chi connectivity index (χ4v) is 1.42. The van der Waals surface area contributed by atoms with Crippen molar-refractivity contribution in [3.63, 3.8) is 0 Å². The monoisotopic (exact) mass is 268 g/mol. The smallest absolute Gasteiger partial charge is 0.273 e. The highest BCUT2D eigenvalue weighted by Crippen LogP contribution is 2.31. The number of nitriles is 1. The minimum absolute atomic E-state index is 0.125. The van der Waals surface area contributed by atoms with Crippen molar-refractivity contribution in [1.29, 1.82) is 5.26 Å². The van der Waals surface area contributed by atoms with Crippen LogP contribution in [-0.4, -0.2) is 10.0 Å². The van der Waals surface area contributed by atoms with Crippen molar-refractivity contribution in [3.8, 4) is 11.8 Å². The maximum Gasteiger partial charge on any atom is 0.273 e. The molecule has 2 aromatic rings. The van der Waals surface area contributed by atoms with Gasteiger partial charge in [-0.3, -0.25) is 10.1 Å². The summed E-state index contributed by atoms with van der Waals surface area (Å²) in [5.74, 6) is -0.323. The molecular weight excluding hydrogens is 260 g/mol. The summed E-state index contributed by atoms with van der Waals surface area (Å²) < 4.78 is 0. The molecule has 0 fully saturated rings. The van der Waals surface area contributed by atoms with Gasteiger partial charge in [0.1, 0.15) is 11.4 Å². The number of phenols is 1. The Hall–Kier alpha value is -3.27. The average Bonchev–Trinajstić information content (AvgIpc) is 2.46. The zero-order chi connectivity index (χ0) is 14.5. The number of non-ortho nitro benzene ring substituents is 1. The normalized spacial score (nSPS) is 10.3. The lowest BCUT2D eigenvalue weighted by Crippen LogP contribution is -1.86. The van der Waals surface area contributed by atoms with E-state index < -0.39 is 4.92 Å². The highest BCUT2D eigenvalue weighted by Gasteiger charge is 2.09. The third kappa shape index (κ3) is 2.94. The second kappa shape index (κ2) is 5.58. The molecule has 0 aromatic heterocycles. The van der Waals surface area contributed by atoms with Gasteiger partial charge in [-0.1, -0.05) is 0 Å². The standard InChI is InChI=1S/C13H8N4O3/c14-8-9-1-3-10(4-2-9)15-16-12-6-5-11(17(19)20)7-13(12)18/h1-7,18H/b16-15+. The predicted molar refractivity (Wildman–Crippen MR) is 70.1 cm³/mol. The van der Waals surface area contributed by atoms with Crippen molar-refractivity contribution < 1.29 is 10.0 Å². The molecule has 0 aliphatic rings. The maximum atomic E-state index is 10.5. The first-order valence-corrected chi connectivity index (χ1v) is 5.49. The summed E-state index contributed by atoms with van der Waals surface area (Å²) in [6.07, 6.45) is 0. The van der Waals surface area contributed by atoms with Gasteiger partial charge >= 0.3 is 0 Å². The van der Waals surface area contributed by atoms with Gasteiger partial charge in [-0.2, -0.15) is 10.4 Å². The van der Waals surface area contributed by atoms with E-state index in [1.807, 2.05) is 6.07 Å². The van der Waals surface area contributed by atoms with Crippen molar-refractivity contribution in [2.45, 2.75) is 0 Å². The maximum absolute atomic E-state index is 10.5. The summed E-state index contributed by atoms with van der Waals surface area (Å²) >= 11 is 0. The Morgan fingerprint density at radius 2 is 1.85 bits per heavy atom. The molecule has 0 atom stereocenters. The van der Waals surface area contributed by atoms with Crippen LogP contribution in [0.4, 0.5) is 17.1 Å². The van der Waals surface area contributed by atoms with Crippen LogP contribution < -0.4 is 0 Å². The van der Waals surface area contributed by atoms with Crippen molar-refractivity contribution in [2.24, 2.45) is 10.2 Å². The number of hydrogen-bond acceptors (Lipinski definition) is 6. The number of azo groups is 1. The predicted octanol–water partition coefficient (Wildman–Crippen LogP) is 3.59. The number of nitrogens with zero attached hydrogens (tertiary/aromatic N) is 4. The van der Waals surface area contributed by atoms with E-state index in [1.165, 1.54) is 12.1 Å². The molecule has 0 saturated carbocycles. The lowest BCUT2D eigenvalue weighted by atomic mass is 10.2. The SMILES string of the molecule is N#Cc1ccc(/N=N/c2ccc([N+](=O)[O-])cc2O)cc1. The summed E-state index contributed by atoms with van der Waals surface area (Å²) in [5, 5.41) is 36.4. The lowest BCUT2D eigenvalue weighted by molar-refractivity contribution is -0.384. The van der Waals surface area contributed by atoms with E-state index in [0.717, 1.165) is 6.07 Å². The Balaban J connectivity index is 2.22. The van der Waals surface area contributed by atoms with Crippen LogP contribution in [0.5, 0.6) is 5.75 Å². The first kappa shape index (κ1) is 13.2. The molecule has 0 saturated heterocycles. The Kier molecular flexibility index (Phi) is 3.67. The van der Waals surface area contributed by atoms with Crippen molar-refractivity contribution in [1.82, 2.24) is 0 Å². The van der Waals surface area contributed by atoms with Crippen LogP contribution in [0.3, 0.4) is 0 Å². The number of nitro benzene ring substituents is 1. The largest absolute Gasteiger partial charge is 0.505 e. The number of hydrogen-bond donors (Lipinski definition) is 1. The lowest BCUT2D eigenvalue weighted by Gasteiger charge is -1.97. The molecule has 2 rings (SSSR count). The number of phenolic OH excluding ortho intramolecular Hbond substituents is 1. The zero-order valence-corrected chi connectivity index (χ0v) is 10.1. The van der Waals surface area contributed by atoms with Gasteiger partial charge in [0.2, 0.25) is 0 Å². The minimum atomic E-state index is -0.610. The zero-order valence-electron chi connectivity index (χ0n) is 10.1. The van der Waals surface area contributed by atoms with Gasteiger partial charge in [0, 0.05) is 6.07 Å². The molecule has 98 valence electrons. The Labute approximate surface area is 113 Å². The quantitative estimate of drug-likeness (QED) is 0.520. The number of benzene rings is 2. The Morgan fingerprint density at radius 1 is 1.15 bits per heavy atom. The molecule has 7 nitrogen and oxygen atoms in total. The average molecular weight is 268 g/mol. The van der Waals surface area contributed by atoms with Crippen molar-refractivity contribution in [3.05, 3.63) is 58.1 Å². The van der Waals surface area contributed by atoms with E-state index in [9.17, 15) is 15.2 Å². The van der Waals surface area contributed by atoms with Gasteiger partial charge in [-0.15, -0.1) is 5.11 Å². The fourth-order valence-electron chi connectivity index (χ4n) is 1.42. The second-order valence-corrected chi connectivity index (χ2v) is 3.79. The van der Waals surface area contributed by atoms with Gasteiger partial charge in [0.25, 0.3) is 5.69 Å². The van der Waals surface area contributed by atoms with Gasteiger partial charge in [0.15, 0.2) is 0 Å². The van der Waals surface area contributed by atoms with Crippen LogP contribution in [0.2, 0.25) is 0 Å². The highest BCUT2D eigenvalue weighted by atomic mass is 16.6. The molecule has 2 aromatic carbocycles. The Morgan fingerprint density at radius 3 is 2.40 bits per heavy atom. The van der Waals surface area contributed by atoms with Crippen molar-refractivity contribution >= 4 is 17.1 Å². The van der Waals surface area contributed by atoms with Gasteiger partial charge in [-0.05, 0) is 30.3 Å². The second-order valence-electron chi connectivity index (χ2n) is 3.79. The minimum Gasteiger partial charge on any atom is -0.505 e. The molecule has 0 radical (unpaired) electrons. The first-order chi connectivity index (χ1) is 9.60. The van der Waals surface area contributed by atoms with Crippen LogP contribution >= 0.6 is 0 Å². The van der Waals surface area contributed by atoms with E-state index in [2.05, 4.69) is 10.2 Å². The van der Waals surface area contributed by atoms with E-state index >= 15 is 0 Å². The summed E-state index contributed by atoms with van der Waals surface area (Å²) in [6, 6.07) is 11.9. The molecule has 0 bridgehead atoms. The van der Waals surface area contributed by atoms with Crippen LogP contribution in [0.15, 0.2) is 52.7 Å². The molecule has 0 spiro atoms. The summed E-state index contributed by atoms with van der Waals surface area (Å²) in [7, 11) is 0. The molecule has 0 aliphatic heterocycles. The molecule has 0 heterocycles. The van der Waals surface area contributed by atoms with Gasteiger partial charge in [0.05, 0.1) is 28.3 Å². The number of nitro groups is 1. The third-order valence-corrected chi connectivity index (χ3v) is 2.44. The fraction of sp³-hybridized carbons (Fsp3) is 0. The van der Waals surface area contributed by atoms with Crippen molar-refractivity contribution in [2.75, 3.05) is 0 Å². The molecule has 1 N–H and O–H groups in total. The van der Waals surface area contributed by atoms with Crippen LogP contribution in [0.25, 0.3) is 0 Å². The summed E-state index contributed by atoms with van der Waals surface area (Å²) in [4.78, 5) is 9.91. The van der Waals surface area contributed by atoms with Gasteiger partial charge < -0.3 is 5.11 Å². The van der Waals surface area contributed by atoms with Crippen LogP contribution in [0.1, 0.15) is 5.56 Å². The summed E-state index contributed by atoms with van der Waals surface area (Å²) in [5.41, 5.74) is 0.906. The van der Waals surface area contributed by atoms with E-state index in [4.69, 9.17) is 5.26 Å². The topological polar surface area (TPSA) is 112 Å². The molecule has 20 heavy (non-hydrogen) atoms. The summed E-state index contributed by atoms with van der Waals surface area (Å²) in [6.45, 7) is 0. The van der Waals surface area contributed by atoms with Crippen LogP contribution in [-0.2, 0) is 0 Å². The molecule has 0 unspecified atom stereocenters. The number of rotatable bonds is 3. The molecule has 0 aliphatic carbocycles.